The van der Waals surface area contributed by atoms with Crippen molar-refractivity contribution in [2.75, 3.05) is 66.5 Å². The summed E-state index contributed by atoms with van der Waals surface area (Å²) in [6, 6.07) is 0. The van der Waals surface area contributed by atoms with Crippen molar-refractivity contribution >= 4 is 5.96 Å². The van der Waals surface area contributed by atoms with Crippen LogP contribution in [0.1, 0.15) is 32.1 Å². The van der Waals surface area contributed by atoms with Crippen LogP contribution in [0.15, 0.2) is 4.99 Å². The van der Waals surface area contributed by atoms with Crippen LogP contribution in [0.3, 0.4) is 0 Å². The van der Waals surface area contributed by atoms with Crippen molar-refractivity contribution < 1.29 is 0 Å². The van der Waals surface area contributed by atoms with E-state index in [4.69, 9.17) is 0 Å². The van der Waals surface area contributed by atoms with Crippen LogP contribution in [0.25, 0.3) is 0 Å². The molecule has 0 aromatic carbocycles. The lowest BCUT2D eigenvalue weighted by atomic mass is 9.68. The van der Waals surface area contributed by atoms with E-state index in [0.717, 1.165) is 19.0 Å². The molecule has 22 heavy (non-hydrogen) atoms. The van der Waals surface area contributed by atoms with Crippen LogP contribution in [-0.4, -0.2) is 87.1 Å². The van der Waals surface area contributed by atoms with E-state index in [0.29, 0.717) is 5.41 Å². The quantitative estimate of drug-likeness (QED) is 0.625. The molecular formula is C17H33N5. The summed E-state index contributed by atoms with van der Waals surface area (Å²) in [7, 11) is 4.16. The molecule has 2 saturated heterocycles. The minimum absolute atomic E-state index is 0.646. The molecule has 1 saturated carbocycles. The second kappa shape index (κ2) is 7.18. The van der Waals surface area contributed by atoms with Gasteiger partial charge in [-0.3, -0.25) is 4.99 Å². The maximum Gasteiger partial charge on any atom is 0.193 e. The number of guanidine groups is 1. The van der Waals surface area contributed by atoms with Gasteiger partial charge in [-0.05, 0) is 51.2 Å². The van der Waals surface area contributed by atoms with Gasteiger partial charge >= 0.3 is 0 Å². The van der Waals surface area contributed by atoms with Crippen LogP contribution in [-0.2, 0) is 0 Å². The molecule has 2 heterocycles. The third-order valence-corrected chi connectivity index (χ3v) is 5.89. The molecule has 3 rings (SSSR count). The number of nitrogens with zero attached hydrogens (tertiary/aromatic N) is 4. The van der Waals surface area contributed by atoms with Crippen molar-refractivity contribution in [2.45, 2.75) is 32.1 Å². The van der Waals surface area contributed by atoms with Gasteiger partial charge in [0.2, 0.25) is 0 Å². The smallest absolute Gasteiger partial charge is 0.193 e. The molecule has 0 atom stereocenters. The first-order valence-corrected chi connectivity index (χ1v) is 9.07. The molecule has 0 radical (unpaired) electrons. The summed E-state index contributed by atoms with van der Waals surface area (Å²) in [5.41, 5.74) is 0.646. The minimum Gasteiger partial charge on any atom is -0.355 e. The fourth-order valence-electron chi connectivity index (χ4n) is 4.18. The van der Waals surface area contributed by atoms with Crippen LogP contribution in [0.2, 0.25) is 0 Å². The average molecular weight is 307 g/mol. The van der Waals surface area contributed by atoms with Gasteiger partial charge in [0.15, 0.2) is 5.96 Å². The Balaban J connectivity index is 1.40. The number of likely N-dealkylation sites (tertiary alicyclic amines) is 1. The van der Waals surface area contributed by atoms with Crippen molar-refractivity contribution in [1.29, 1.82) is 0 Å². The van der Waals surface area contributed by atoms with Gasteiger partial charge < -0.3 is 20.0 Å². The van der Waals surface area contributed by atoms with Crippen molar-refractivity contribution in [3.63, 3.8) is 0 Å². The van der Waals surface area contributed by atoms with Crippen LogP contribution >= 0.6 is 0 Å². The molecule has 3 aliphatic rings. The molecule has 0 bridgehead atoms. The summed E-state index contributed by atoms with van der Waals surface area (Å²) in [6.45, 7) is 9.42. The van der Waals surface area contributed by atoms with E-state index in [9.17, 15) is 0 Å². The topological polar surface area (TPSA) is 34.1 Å². The van der Waals surface area contributed by atoms with Gasteiger partial charge in [0.1, 0.15) is 0 Å². The second-order valence-electron chi connectivity index (χ2n) is 7.50. The summed E-state index contributed by atoms with van der Waals surface area (Å²) in [5.74, 6) is 1.12. The lowest BCUT2D eigenvalue weighted by Crippen LogP contribution is -2.45. The Labute approximate surface area is 135 Å². The molecule has 3 fully saturated rings. The number of aliphatic imine (C=N–C) groups is 1. The highest BCUT2D eigenvalue weighted by molar-refractivity contribution is 5.80. The van der Waals surface area contributed by atoms with Crippen molar-refractivity contribution in [3.05, 3.63) is 0 Å². The fraction of sp³-hybridized carbons (Fsp3) is 0.941. The highest BCUT2D eigenvalue weighted by Gasteiger charge is 2.43. The van der Waals surface area contributed by atoms with Gasteiger partial charge in [-0.25, -0.2) is 0 Å². The highest BCUT2D eigenvalue weighted by atomic mass is 15.3. The maximum atomic E-state index is 4.51. The third kappa shape index (κ3) is 3.74. The van der Waals surface area contributed by atoms with Crippen LogP contribution in [0, 0.1) is 5.41 Å². The summed E-state index contributed by atoms with van der Waals surface area (Å²) in [6.07, 6.45) is 6.96. The van der Waals surface area contributed by atoms with E-state index in [-0.39, 0.29) is 0 Å². The molecule has 1 spiro atoms. The fourth-order valence-corrected chi connectivity index (χ4v) is 4.18. The molecule has 0 aromatic rings. The third-order valence-electron chi connectivity index (χ3n) is 5.89. The number of nitrogens with one attached hydrogen (secondary N) is 1. The zero-order valence-electron chi connectivity index (χ0n) is 14.5. The molecule has 0 amide bonds. The largest absolute Gasteiger partial charge is 0.355 e. The van der Waals surface area contributed by atoms with Gasteiger partial charge in [0, 0.05) is 46.3 Å². The standard InChI is InChI=1S/C17H33N5/c1-18-16(22-11-7-17(15-22)5-3-6-17)19-8-12-21-10-4-9-20(2)13-14-21/h3-15H2,1-2H3,(H,18,19). The molecular weight excluding hydrogens is 274 g/mol. The molecule has 0 aromatic heterocycles. The van der Waals surface area contributed by atoms with Crippen molar-refractivity contribution in [1.82, 2.24) is 20.0 Å². The van der Waals surface area contributed by atoms with Gasteiger partial charge in [-0.2, -0.15) is 0 Å². The van der Waals surface area contributed by atoms with Crippen molar-refractivity contribution in [2.24, 2.45) is 10.4 Å². The zero-order chi connectivity index (χ0) is 15.4. The Hall–Kier alpha value is -0.810. The van der Waals surface area contributed by atoms with E-state index in [1.165, 1.54) is 71.4 Å². The Morgan fingerprint density at radius 2 is 1.91 bits per heavy atom. The van der Waals surface area contributed by atoms with E-state index >= 15 is 0 Å². The SMILES string of the molecule is CN=C(NCCN1CCCN(C)CC1)N1CCC2(CCC2)C1. The Morgan fingerprint density at radius 1 is 1.05 bits per heavy atom. The molecule has 126 valence electrons. The summed E-state index contributed by atoms with van der Waals surface area (Å²) in [5, 5.41) is 3.60. The lowest BCUT2D eigenvalue weighted by molar-refractivity contribution is 0.151. The molecule has 2 aliphatic heterocycles. The minimum atomic E-state index is 0.646. The zero-order valence-corrected chi connectivity index (χ0v) is 14.5. The average Bonchev–Trinajstić information content (AvgIpc) is 2.84. The van der Waals surface area contributed by atoms with E-state index in [1.54, 1.807) is 0 Å². The Morgan fingerprint density at radius 3 is 2.59 bits per heavy atom. The Bertz CT molecular complexity index is 391. The lowest BCUT2D eigenvalue weighted by Gasteiger charge is -2.38. The summed E-state index contributed by atoms with van der Waals surface area (Å²) >= 11 is 0. The molecule has 1 N–H and O–H groups in total. The van der Waals surface area contributed by atoms with Crippen LogP contribution < -0.4 is 5.32 Å². The van der Waals surface area contributed by atoms with Gasteiger partial charge in [-0.15, -0.1) is 0 Å². The van der Waals surface area contributed by atoms with E-state index < -0.39 is 0 Å². The maximum absolute atomic E-state index is 4.51. The highest BCUT2D eigenvalue weighted by Crippen LogP contribution is 2.47. The molecule has 5 nitrogen and oxygen atoms in total. The molecule has 1 aliphatic carbocycles. The second-order valence-corrected chi connectivity index (χ2v) is 7.50. The molecule has 5 heteroatoms. The predicted molar refractivity (Wildman–Crippen MR) is 92.4 cm³/mol. The first kappa shape index (κ1) is 16.1. The molecule has 0 unspecified atom stereocenters. The first-order chi connectivity index (χ1) is 10.7. The van der Waals surface area contributed by atoms with Crippen LogP contribution in [0.5, 0.6) is 0 Å². The summed E-state index contributed by atoms with van der Waals surface area (Å²) < 4.78 is 0. The van der Waals surface area contributed by atoms with Gasteiger partial charge in [0.05, 0.1) is 0 Å². The monoisotopic (exact) mass is 307 g/mol. The van der Waals surface area contributed by atoms with Gasteiger partial charge in [0.25, 0.3) is 0 Å². The van der Waals surface area contributed by atoms with E-state index in [1.807, 2.05) is 7.05 Å². The number of hydrogen-bond acceptors (Lipinski definition) is 3. The number of likely N-dealkylation sites (N-methyl/N-ethyl adjacent to an activating group) is 1. The summed E-state index contributed by atoms with van der Waals surface area (Å²) in [4.78, 5) is 12.0. The predicted octanol–water partition coefficient (Wildman–Crippen LogP) is 1.08. The Kier molecular flexibility index (Phi) is 5.24. The first-order valence-electron chi connectivity index (χ1n) is 9.07. The van der Waals surface area contributed by atoms with Crippen molar-refractivity contribution in [3.8, 4) is 0 Å². The van der Waals surface area contributed by atoms with Crippen LogP contribution in [0.4, 0.5) is 0 Å². The van der Waals surface area contributed by atoms with Gasteiger partial charge in [-0.1, -0.05) is 6.42 Å². The van der Waals surface area contributed by atoms with E-state index in [2.05, 4.69) is 32.1 Å². The number of hydrogen-bond donors (Lipinski definition) is 1. The number of rotatable bonds is 3. The normalized spacial score (nSPS) is 27.0.